The largest absolute Gasteiger partial charge is 0.378 e. The summed E-state index contributed by atoms with van der Waals surface area (Å²) in [5, 5.41) is 8.20. The van der Waals surface area contributed by atoms with Gasteiger partial charge in [-0.3, -0.25) is 9.48 Å². The Bertz CT molecular complexity index is 1300. The number of pyridine rings is 1. The highest BCUT2D eigenvalue weighted by Crippen LogP contribution is 2.28. The second-order valence-electron chi connectivity index (χ2n) is 8.60. The first-order valence-corrected chi connectivity index (χ1v) is 11.2. The highest BCUT2D eigenvalue weighted by molar-refractivity contribution is 5.92. The number of fused-ring (bicyclic) bond motifs is 1. The number of benzene rings is 1. The van der Waals surface area contributed by atoms with Crippen molar-refractivity contribution in [3.63, 3.8) is 0 Å². The van der Waals surface area contributed by atoms with Gasteiger partial charge >= 0.3 is 0 Å². The number of nitrogens with one attached hydrogen (secondary N) is 2. The third-order valence-electron chi connectivity index (χ3n) is 5.61. The van der Waals surface area contributed by atoms with Crippen LogP contribution in [0.1, 0.15) is 13.8 Å². The molecule has 1 fully saturated rings. The molecule has 0 bridgehead atoms. The van der Waals surface area contributed by atoms with Crippen LogP contribution in [0.25, 0.3) is 22.2 Å². The molecule has 33 heavy (non-hydrogen) atoms. The maximum Gasteiger partial charge on any atom is 0.262 e. The zero-order chi connectivity index (χ0) is 22.8. The average Bonchev–Trinajstić information content (AvgIpc) is 3.28. The summed E-state index contributed by atoms with van der Waals surface area (Å²) in [5.74, 6) is 0.952. The summed E-state index contributed by atoms with van der Waals surface area (Å²) < 4.78 is 7.35. The lowest BCUT2D eigenvalue weighted by atomic mass is 10.1. The number of nitrogens with zero attached hydrogens (tertiary/aromatic N) is 5. The van der Waals surface area contributed by atoms with E-state index in [2.05, 4.69) is 51.3 Å². The van der Waals surface area contributed by atoms with Crippen LogP contribution in [0, 0.1) is 5.92 Å². The van der Waals surface area contributed by atoms with Crippen LogP contribution < -0.4 is 15.8 Å². The molecule has 2 N–H and O–H groups in total. The molecule has 0 unspecified atom stereocenters. The van der Waals surface area contributed by atoms with Gasteiger partial charge in [-0.05, 0) is 36.2 Å². The maximum atomic E-state index is 12.6. The van der Waals surface area contributed by atoms with Crippen molar-refractivity contribution in [2.45, 2.75) is 20.4 Å². The van der Waals surface area contributed by atoms with Crippen molar-refractivity contribution in [3.8, 4) is 11.3 Å². The van der Waals surface area contributed by atoms with Gasteiger partial charge in [-0.15, -0.1) is 0 Å². The zero-order valence-corrected chi connectivity index (χ0v) is 18.8. The van der Waals surface area contributed by atoms with E-state index >= 15 is 0 Å². The molecule has 5 rings (SSSR count). The minimum absolute atomic E-state index is 0.234. The van der Waals surface area contributed by atoms with Crippen molar-refractivity contribution in [1.82, 2.24) is 24.7 Å². The fraction of sp³-hybridized carbons (Fsp3) is 0.333. The van der Waals surface area contributed by atoms with E-state index in [1.807, 2.05) is 29.1 Å². The van der Waals surface area contributed by atoms with Gasteiger partial charge in [0.1, 0.15) is 11.2 Å². The van der Waals surface area contributed by atoms with Crippen molar-refractivity contribution in [2.24, 2.45) is 5.92 Å². The summed E-state index contributed by atoms with van der Waals surface area (Å²) in [7, 11) is 0. The molecule has 3 aromatic heterocycles. The third kappa shape index (κ3) is 4.58. The van der Waals surface area contributed by atoms with E-state index in [0.717, 1.165) is 49.8 Å². The van der Waals surface area contributed by atoms with Gasteiger partial charge in [0, 0.05) is 42.8 Å². The monoisotopic (exact) mass is 445 g/mol. The number of rotatable bonds is 6. The standard InChI is InChI=1S/C24H27N7O2/c1-16(2)13-31-14-17(12-27-31)20-11-21-22(24(32)26-15-25-21)23(29-20)28-18-3-5-19(6-4-18)30-7-9-33-10-8-30/h3-6,11-12,14-16H,7-10,13H2,1-2H3,(H,28,29)(H,25,26,32). The van der Waals surface area contributed by atoms with Gasteiger partial charge in [-0.1, -0.05) is 13.8 Å². The van der Waals surface area contributed by atoms with Gasteiger partial charge in [0.2, 0.25) is 0 Å². The van der Waals surface area contributed by atoms with E-state index in [1.54, 1.807) is 6.20 Å². The summed E-state index contributed by atoms with van der Waals surface area (Å²) in [6, 6.07) is 9.96. The second-order valence-corrected chi connectivity index (χ2v) is 8.60. The van der Waals surface area contributed by atoms with Crippen molar-refractivity contribution in [1.29, 1.82) is 0 Å². The summed E-state index contributed by atoms with van der Waals surface area (Å²) in [6.45, 7) is 8.38. The van der Waals surface area contributed by atoms with Crippen molar-refractivity contribution in [2.75, 3.05) is 36.5 Å². The number of aromatic amines is 1. The highest BCUT2D eigenvalue weighted by atomic mass is 16.5. The van der Waals surface area contributed by atoms with E-state index in [4.69, 9.17) is 9.72 Å². The second kappa shape index (κ2) is 9.03. The molecule has 4 aromatic rings. The van der Waals surface area contributed by atoms with E-state index in [0.29, 0.717) is 28.3 Å². The number of morpholine rings is 1. The van der Waals surface area contributed by atoms with Gasteiger partial charge in [-0.2, -0.15) is 5.10 Å². The Morgan fingerprint density at radius 3 is 2.73 bits per heavy atom. The van der Waals surface area contributed by atoms with Crippen LogP contribution in [0.3, 0.4) is 0 Å². The molecule has 170 valence electrons. The number of hydrogen-bond acceptors (Lipinski definition) is 7. The van der Waals surface area contributed by atoms with Crippen LogP contribution in [-0.2, 0) is 11.3 Å². The van der Waals surface area contributed by atoms with E-state index in [1.165, 1.54) is 6.33 Å². The predicted molar refractivity (Wildman–Crippen MR) is 129 cm³/mol. The smallest absolute Gasteiger partial charge is 0.262 e. The molecule has 1 saturated heterocycles. The molecule has 0 spiro atoms. The van der Waals surface area contributed by atoms with Gasteiger partial charge in [-0.25, -0.2) is 9.97 Å². The number of hydrogen-bond donors (Lipinski definition) is 2. The zero-order valence-electron chi connectivity index (χ0n) is 18.8. The van der Waals surface area contributed by atoms with Gasteiger partial charge in [0.15, 0.2) is 0 Å². The van der Waals surface area contributed by atoms with E-state index in [-0.39, 0.29) is 5.56 Å². The topological polar surface area (TPSA) is 101 Å². The molecule has 0 atom stereocenters. The molecule has 1 aromatic carbocycles. The first-order valence-electron chi connectivity index (χ1n) is 11.2. The average molecular weight is 446 g/mol. The minimum Gasteiger partial charge on any atom is -0.378 e. The van der Waals surface area contributed by atoms with Crippen LogP contribution >= 0.6 is 0 Å². The van der Waals surface area contributed by atoms with Crippen molar-refractivity contribution in [3.05, 3.63) is 59.4 Å². The quantitative estimate of drug-likeness (QED) is 0.469. The predicted octanol–water partition coefficient (Wildman–Crippen LogP) is 3.42. The molecule has 0 aliphatic carbocycles. The van der Waals surface area contributed by atoms with Crippen molar-refractivity contribution >= 4 is 28.1 Å². The summed E-state index contributed by atoms with van der Waals surface area (Å²) in [6.07, 6.45) is 5.18. The van der Waals surface area contributed by atoms with Crippen LogP contribution in [-0.4, -0.2) is 51.0 Å². The van der Waals surface area contributed by atoms with E-state index in [9.17, 15) is 4.79 Å². The molecule has 9 nitrogen and oxygen atoms in total. The molecule has 1 aliphatic rings. The SMILES string of the molecule is CC(C)Cn1cc(-c2cc3nc[nH]c(=O)c3c(Nc3ccc(N4CCOCC4)cc3)n2)cn1. The van der Waals surface area contributed by atoms with Gasteiger partial charge in [0.25, 0.3) is 5.56 Å². The Balaban J connectivity index is 1.49. The lowest BCUT2D eigenvalue weighted by Crippen LogP contribution is -2.36. The lowest BCUT2D eigenvalue weighted by Gasteiger charge is -2.28. The fourth-order valence-corrected chi connectivity index (χ4v) is 4.01. The lowest BCUT2D eigenvalue weighted by molar-refractivity contribution is 0.122. The number of aromatic nitrogens is 5. The van der Waals surface area contributed by atoms with Gasteiger partial charge in [0.05, 0.1) is 36.9 Å². The Kier molecular flexibility index (Phi) is 5.78. The number of H-pyrrole nitrogens is 1. The molecule has 9 heteroatoms. The van der Waals surface area contributed by atoms with Crippen LogP contribution in [0.4, 0.5) is 17.2 Å². The first kappa shape index (κ1) is 21.1. The maximum absolute atomic E-state index is 12.6. The molecular weight excluding hydrogens is 418 g/mol. The molecule has 0 amide bonds. The highest BCUT2D eigenvalue weighted by Gasteiger charge is 2.15. The minimum atomic E-state index is -0.234. The van der Waals surface area contributed by atoms with Crippen LogP contribution in [0.5, 0.6) is 0 Å². The van der Waals surface area contributed by atoms with E-state index < -0.39 is 0 Å². The molecule has 0 saturated carbocycles. The number of anilines is 3. The summed E-state index contributed by atoms with van der Waals surface area (Å²) in [4.78, 5) is 26.7. The van der Waals surface area contributed by atoms with Crippen LogP contribution in [0.15, 0.2) is 53.8 Å². The number of ether oxygens (including phenoxy) is 1. The summed E-state index contributed by atoms with van der Waals surface area (Å²) in [5.41, 5.74) is 3.92. The Morgan fingerprint density at radius 1 is 1.18 bits per heavy atom. The first-order chi connectivity index (χ1) is 16.1. The Labute approximate surface area is 191 Å². The molecule has 0 radical (unpaired) electrons. The summed E-state index contributed by atoms with van der Waals surface area (Å²) >= 11 is 0. The van der Waals surface area contributed by atoms with Crippen LogP contribution in [0.2, 0.25) is 0 Å². The molecular formula is C24H27N7O2. The molecule has 1 aliphatic heterocycles. The van der Waals surface area contributed by atoms with Gasteiger partial charge < -0.3 is 19.9 Å². The Hall–Kier alpha value is -3.72. The van der Waals surface area contributed by atoms with Crippen molar-refractivity contribution < 1.29 is 4.74 Å². The third-order valence-corrected chi connectivity index (χ3v) is 5.61. The fourth-order valence-electron chi connectivity index (χ4n) is 4.01. The normalized spacial score (nSPS) is 14.2. The Morgan fingerprint density at radius 2 is 1.97 bits per heavy atom. The molecule has 4 heterocycles.